The molecule has 0 amide bonds. The molecule has 0 aromatic heterocycles. The number of rotatable bonds is 8. The first-order valence-electron chi connectivity index (χ1n) is 9.84. The summed E-state index contributed by atoms with van der Waals surface area (Å²) in [6.07, 6.45) is -0.308. The van der Waals surface area contributed by atoms with Gasteiger partial charge < -0.3 is 29.1 Å². The van der Waals surface area contributed by atoms with E-state index in [2.05, 4.69) is 0 Å². The van der Waals surface area contributed by atoms with Gasteiger partial charge in [-0.1, -0.05) is 60.7 Å². The molecular weight excluding hydrogens is 370 g/mol. The Morgan fingerprint density at radius 1 is 0.897 bits per heavy atom. The van der Waals surface area contributed by atoms with Gasteiger partial charge in [0.2, 0.25) is 0 Å². The maximum Gasteiger partial charge on any atom is 0.191 e. The van der Waals surface area contributed by atoms with E-state index in [1.165, 1.54) is 6.21 Å². The molecule has 4 atom stereocenters. The van der Waals surface area contributed by atoms with Gasteiger partial charge in [-0.3, -0.25) is 0 Å². The van der Waals surface area contributed by atoms with E-state index in [1.807, 2.05) is 74.5 Å². The van der Waals surface area contributed by atoms with Crippen LogP contribution < -0.4 is 0 Å². The molecule has 2 aliphatic rings. The fourth-order valence-electron chi connectivity index (χ4n) is 3.79. The van der Waals surface area contributed by atoms with E-state index < -0.39 is 29.9 Å². The van der Waals surface area contributed by atoms with Gasteiger partial charge >= 0.3 is 0 Å². The summed E-state index contributed by atoms with van der Waals surface area (Å²) < 4.78 is 30.3. The lowest BCUT2D eigenvalue weighted by atomic mass is 9.97. The first-order valence-corrected chi connectivity index (χ1v) is 9.84. The summed E-state index contributed by atoms with van der Waals surface area (Å²) in [4.78, 5) is 0. The molecule has 0 unspecified atom stereocenters. The van der Waals surface area contributed by atoms with Gasteiger partial charge in [0.25, 0.3) is 0 Å². The third kappa shape index (κ3) is 4.42. The summed E-state index contributed by atoms with van der Waals surface area (Å²) in [7, 11) is 0. The van der Waals surface area contributed by atoms with Crippen LogP contribution in [-0.2, 0) is 36.9 Å². The normalized spacial score (nSPS) is 30.2. The van der Waals surface area contributed by atoms with Crippen LogP contribution in [0, 0.1) is 5.41 Å². The summed E-state index contributed by atoms with van der Waals surface area (Å²) in [5.74, 6) is -0.761. The Kier molecular flexibility index (Phi) is 5.81. The largest absolute Gasteiger partial charge is 0.373 e. The fraction of sp³-hybridized carbons (Fsp3) is 0.435. The van der Waals surface area contributed by atoms with Crippen LogP contribution in [0.4, 0.5) is 0 Å². The molecule has 2 saturated heterocycles. The minimum absolute atomic E-state index is 0.172. The zero-order valence-electron chi connectivity index (χ0n) is 16.7. The molecule has 2 aromatic rings. The number of benzene rings is 2. The van der Waals surface area contributed by atoms with E-state index in [4.69, 9.17) is 29.1 Å². The topological polar surface area (TPSA) is 70.0 Å². The minimum Gasteiger partial charge on any atom is -0.373 e. The van der Waals surface area contributed by atoms with Crippen molar-refractivity contribution in [2.45, 2.75) is 56.9 Å². The molecule has 29 heavy (non-hydrogen) atoms. The average molecular weight is 397 g/mol. The van der Waals surface area contributed by atoms with E-state index in [0.29, 0.717) is 13.2 Å². The molecule has 4 rings (SSSR count). The lowest BCUT2D eigenvalue weighted by molar-refractivity contribution is -0.237. The predicted molar refractivity (Wildman–Crippen MR) is 108 cm³/mol. The molecule has 0 spiro atoms. The zero-order chi connectivity index (χ0) is 20.3. The van der Waals surface area contributed by atoms with E-state index in [9.17, 15) is 0 Å². The third-order valence-corrected chi connectivity index (χ3v) is 5.16. The number of hydrogen-bond acceptors (Lipinski definition) is 6. The highest BCUT2D eigenvalue weighted by molar-refractivity contribution is 5.68. The zero-order valence-corrected chi connectivity index (χ0v) is 16.7. The molecule has 0 radical (unpaired) electrons. The van der Waals surface area contributed by atoms with Gasteiger partial charge in [0.15, 0.2) is 17.7 Å². The van der Waals surface area contributed by atoms with Gasteiger partial charge in [-0.05, 0) is 25.0 Å². The van der Waals surface area contributed by atoms with Crippen molar-refractivity contribution in [3.8, 4) is 0 Å². The van der Waals surface area contributed by atoms with Crippen molar-refractivity contribution in [2.75, 3.05) is 6.61 Å². The molecule has 2 aromatic carbocycles. The second-order valence-electron chi connectivity index (χ2n) is 7.88. The highest BCUT2D eigenvalue weighted by Gasteiger charge is 2.62. The molecule has 0 saturated carbocycles. The lowest BCUT2D eigenvalue weighted by Gasteiger charge is -2.33. The van der Waals surface area contributed by atoms with Crippen LogP contribution in [0.5, 0.6) is 0 Å². The van der Waals surface area contributed by atoms with Gasteiger partial charge in [-0.25, -0.2) is 0 Å². The van der Waals surface area contributed by atoms with Crippen molar-refractivity contribution in [1.29, 1.82) is 5.41 Å². The lowest BCUT2D eigenvalue weighted by Crippen LogP contribution is -2.51. The van der Waals surface area contributed by atoms with Gasteiger partial charge in [0, 0.05) is 6.21 Å². The maximum absolute atomic E-state index is 8.10. The van der Waals surface area contributed by atoms with Crippen LogP contribution in [0.2, 0.25) is 0 Å². The summed E-state index contributed by atoms with van der Waals surface area (Å²) >= 11 is 0. The van der Waals surface area contributed by atoms with Crippen LogP contribution >= 0.6 is 0 Å². The summed E-state index contributed by atoms with van der Waals surface area (Å²) in [5, 5.41) is 8.10. The summed E-state index contributed by atoms with van der Waals surface area (Å²) in [6.45, 7) is 4.68. The van der Waals surface area contributed by atoms with E-state index in [0.717, 1.165) is 11.1 Å². The standard InChI is InChI=1S/C23H27NO5/c1-22(2)27-19-20(26-14-18-11-7-4-8-12-18)23(15-24,29-21(19)28-22)16-25-13-17-9-5-3-6-10-17/h3-12,15,19-21,24H,13-14,16H2,1-2H3/t19-,20+,21+,23-/m1/s1. The highest BCUT2D eigenvalue weighted by Crippen LogP contribution is 2.43. The Hall–Kier alpha value is -2.09. The Morgan fingerprint density at radius 2 is 1.52 bits per heavy atom. The van der Waals surface area contributed by atoms with Gasteiger partial charge in [0.1, 0.15) is 12.2 Å². The highest BCUT2D eigenvalue weighted by atomic mass is 16.8. The van der Waals surface area contributed by atoms with Crippen molar-refractivity contribution in [1.82, 2.24) is 0 Å². The first-order chi connectivity index (χ1) is 14.0. The molecule has 2 heterocycles. The molecular formula is C23H27NO5. The fourth-order valence-corrected chi connectivity index (χ4v) is 3.79. The molecule has 1 N–H and O–H groups in total. The number of ether oxygens (including phenoxy) is 5. The molecule has 2 fully saturated rings. The van der Waals surface area contributed by atoms with Gasteiger partial charge in [-0.2, -0.15) is 0 Å². The van der Waals surface area contributed by atoms with E-state index in [-0.39, 0.29) is 6.61 Å². The van der Waals surface area contributed by atoms with E-state index >= 15 is 0 Å². The smallest absolute Gasteiger partial charge is 0.191 e. The SMILES string of the molecule is CC1(C)O[C@H]2O[C@](C=N)(COCc3ccccc3)[C@@H](OCc3ccccc3)[C@H]2O1. The Bertz CT molecular complexity index is 813. The average Bonchev–Trinajstić information content (AvgIpc) is 3.17. The molecule has 0 aliphatic carbocycles. The molecule has 6 heteroatoms. The van der Waals surface area contributed by atoms with Crippen LogP contribution in [0.25, 0.3) is 0 Å². The van der Waals surface area contributed by atoms with Gasteiger partial charge in [0.05, 0.1) is 19.8 Å². The second kappa shape index (κ2) is 8.34. The second-order valence-corrected chi connectivity index (χ2v) is 7.88. The summed E-state index contributed by atoms with van der Waals surface area (Å²) in [6, 6.07) is 19.8. The monoisotopic (exact) mass is 397 g/mol. The van der Waals surface area contributed by atoms with Gasteiger partial charge in [-0.15, -0.1) is 0 Å². The van der Waals surface area contributed by atoms with Crippen LogP contribution in [0.15, 0.2) is 60.7 Å². The maximum atomic E-state index is 8.10. The van der Waals surface area contributed by atoms with Crippen molar-refractivity contribution in [3.63, 3.8) is 0 Å². The molecule has 2 aliphatic heterocycles. The number of fused-ring (bicyclic) bond motifs is 1. The number of hydrogen-bond donors (Lipinski definition) is 1. The molecule has 6 nitrogen and oxygen atoms in total. The first kappa shape index (κ1) is 20.2. The Morgan fingerprint density at radius 3 is 2.14 bits per heavy atom. The molecule has 154 valence electrons. The van der Waals surface area contributed by atoms with E-state index in [1.54, 1.807) is 0 Å². The van der Waals surface area contributed by atoms with Crippen molar-refractivity contribution >= 4 is 6.21 Å². The van der Waals surface area contributed by atoms with Crippen LogP contribution in [0.3, 0.4) is 0 Å². The minimum atomic E-state index is -1.07. The van der Waals surface area contributed by atoms with Crippen molar-refractivity contribution in [2.24, 2.45) is 0 Å². The predicted octanol–water partition coefficient (Wildman–Crippen LogP) is 3.68. The summed E-state index contributed by atoms with van der Waals surface area (Å²) in [5.41, 5.74) is 1.02. The van der Waals surface area contributed by atoms with Crippen LogP contribution in [0.1, 0.15) is 25.0 Å². The number of nitrogens with one attached hydrogen (secondary N) is 1. The van der Waals surface area contributed by atoms with Crippen molar-refractivity contribution < 1.29 is 23.7 Å². The quantitative estimate of drug-likeness (QED) is 0.688. The Labute approximate surface area is 171 Å². The third-order valence-electron chi connectivity index (χ3n) is 5.16. The van der Waals surface area contributed by atoms with Crippen LogP contribution in [-0.4, -0.2) is 42.7 Å². The van der Waals surface area contributed by atoms with Crippen molar-refractivity contribution in [3.05, 3.63) is 71.8 Å². The Balaban J connectivity index is 1.49. The molecule has 0 bridgehead atoms.